The Labute approximate surface area is 63.6 Å². The largest absolute Gasteiger partial charge is 0.424 e. The summed E-state index contributed by atoms with van der Waals surface area (Å²) < 4.78 is 15.6. The highest BCUT2D eigenvalue weighted by molar-refractivity contribution is 6.29. The van der Waals surface area contributed by atoms with Crippen molar-refractivity contribution in [1.29, 1.82) is 0 Å². The summed E-state index contributed by atoms with van der Waals surface area (Å²) in [6.07, 6.45) is 0.353. The Bertz CT molecular complexity index is 89.0. The van der Waals surface area contributed by atoms with Crippen LogP contribution in [0.1, 0.15) is 6.92 Å². The van der Waals surface area contributed by atoms with Crippen molar-refractivity contribution in [2.45, 2.75) is 18.8 Å². The van der Waals surface area contributed by atoms with Crippen LogP contribution in [-0.4, -0.2) is 41.9 Å². The molecule has 60 valence electrons. The molecular weight excluding hydrogens is 148 g/mol. The Kier molecular flexibility index (Phi) is 3.34. The molecule has 0 spiro atoms. The Balaban J connectivity index is 2.13. The molecule has 1 aliphatic heterocycles. The summed E-state index contributed by atoms with van der Waals surface area (Å²) in [6.45, 7) is 3.63. The Morgan fingerprint density at radius 1 is 1.80 bits per heavy atom. The highest BCUT2D eigenvalue weighted by atomic mass is 28.2. The molecule has 10 heavy (non-hydrogen) atoms. The molecule has 0 bridgehead atoms. The lowest BCUT2D eigenvalue weighted by atomic mass is 10.5. The van der Waals surface area contributed by atoms with Crippen LogP contribution in [0.15, 0.2) is 0 Å². The monoisotopic (exact) mass is 162 g/mol. The van der Waals surface area contributed by atoms with Crippen LogP contribution in [0, 0.1) is 0 Å². The number of hydrogen-bond acceptors (Lipinski definition) is 3. The van der Waals surface area contributed by atoms with Crippen LogP contribution in [0.25, 0.3) is 0 Å². The average Bonchev–Trinajstić information content (AvgIpc) is 2.69. The Morgan fingerprint density at radius 3 is 2.90 bits per heavy atom. The molecule has 0 saturated carbocycles. The second kappa shape index (κ2) is 4.08. The van der Waals surface area contributed by atoms with Gasteiger partial charge in [0.1, 0.15) is 6.10 Å². The van der Waals surface area contributed by atoms with Crippen molar-refractivity contribution in [2.24, 2.45) is 0 Å². The van der Waals surface area contributed by atoms with Gasteiger partial charge in [-0.15, -0.1) is 0 Å². The molecule has 4 heteroatoms. The van der Waals surface area contributed by atoms with E-state index in [-0.39, 0.29) is 5.73 Å². The van der Waals surface area contributed by atoms with E-state index in [9.17, 15) is 0 Å². The zero-order valence-electron chi connectivity index (χ0n) is 6.50. The first-order valence-corrected chi connectivity index (χ1v) is 5.00. The molecule has 0 aromatic heterocycles. The van der Waals surface area contributed by atoms with Crippen molar-refractivity contribution in [3.63, 3.8) is 0 Å². The Morgan fingerprint density at radius 2 is 2.50 bits per heavy atom. The lowest BCUT2D eigenvalue weighted by Crippen LogP contribution is -2.28. The quantitative estimate of drug-likeness (QED) is 0.402. The number of epoxide rings is 1. The van der Waals surface area contributed by atoms with Crippen LogP contribution < -0.4 is 0 Å². The number of ether oxygens (including phenoxy) is 2. The highest BCUT2D eigenvalue weighted by Gasteiger charge is 2.33. The summed E-state index contributed by atoms with van der Waals surface area (Å²) in [6, 6.07) is 0. The van der Waals surface area contributed by atoms with Gasteiger partial charge in [0.15, 0.2) is 9.76 Å². The van der Waals surface area contributed by atoms with E-state index in [2.05, 4.69) is 0 Å². The fraction of sp³-hybridized carbons (Fsp3) is 1.00. The van der Waals surface area contributed by atoms with Crippen molar-refractivity contribution in [3.8, 4) is 0 Å². The highest BCUT2D eigenvalue weighted by Crippen LogP contribution is 2.15. The molecule has 2 unspecified atom stereocenters. The van der Waals surface area contributed by atoms with Crippen LogP contribution in [0.2, 0.25) is 0 Å². The molecule has 0 aromatic carbocycles. The second-order valence-corrected chi connectivity index (χ2v) is 4.04. The van der Waals surface area contributed by atoms with E-state index >= 15 is 0 Å². The molecule has 0 N–H and O–H groups in total. The van der Waals surface area contributed by atoms with Crippen molar-refractivity contribution in [3.05, 3.63) is 0 Å². The van der Waals surface area contributed by atoms with E-state index in [1.807, 2.05) is 6.92 Å². The first-order valence-electron chi connectivity index (χ1n) is 3.60. The van der Waals surface area contributed by atoms with E-state index in [4.69, 9.17) is 13.9 Å². The summed E-state index contributed by atoms with van der Waals surface area (Å²) in [4.78, 5) is 0. The summed E-state index contributed by atoms with van der Waals surface area (Å²) in [5, 5.41) is 0. The van der Waals surface area contributed by atoms with Crippen LogP contribution in [0.4, 0.5) is 0 Å². The molecule has 1 saturated heterocycles. The van der Waals surface area contributed by atoms with Crippen molar-refractivity contribution in [1.82, 2.24) is 0 Å². The van der Waals surface area contributed by atoms with Crippen molar-refractivity contribution in [2.75, 3.05) is 20.3 Å². The van der Waals surface area contributed by atoms with Gasteiger partial charge in [-0.05, 0) is 6.92 Å². The molecule has 0 amide bonds. The zero-order valence-corrected chi connectivity index (χ0v) is 7.91. The van der Waals surface area contributed by atoms with E-state index in [1.54, 1.807) is 7.11 Å². The van der Waals surface area contributed by atoms with Gasteiger partial charge in [-0.1, -0.05) is 0 Å². The molecule has 3 nitrogen and oxygen atoms in total. The molecule has 0 radical (unpaired) electrons. The van der Waals surface area contributed by atoms with Gasteiger partial charge < -0.3 is 13.9 Å². The van der Waals surface area contributed by atoms with Gasteiger partial charge in [-0.3, -0.25) is 0 Å². The van der Waals surface area contributed by atoms with Crippen molar-refractivity contribution < 1.29 is 13.9 Å². The van der Waals surface area contributed by atoms with Crippen LogP contribution >= 0.6 is 0 Å². The predicted molar refractivity (Wildman–Crippen MR) is 40.7 cm³/mol. The van der Waals surface area contributed by atoms with Gasteiger partial charge in [-0.25, -0.2) is 0 Å². The number of rotatable bonds is 5. The third-order valence-corrected chi connectivity index (χ3v) is 2.91. The smallest absolute Gasteiger partial charge is 0.193 e. The van der Waals surface area contributed by atoms with Crippen LogP contribution in [0.3, 0.4) is 0 Å². The fourth-order valence-electron chi connectivity index (χ4n) is 0.911. The minimum Gasteiger partial charge on any atom is -0.424 e. The van der Waals surface area contributed by atoms with Crippen molar-refractivity contribution >= 4 is 9.76 Å². The lowest BCUT2D eigenvalue weighted by molar-refractivity contribution is 0.0849. The summed E-state index contributed by atoms with van der Waals surface area (Å²) in [7, 11) is 1.23. The standard InChI is InChI=1S/C6H14O3Si/c1-3-8-6(10-7-2)5-4-9-5/h5-6H,3-4,10H2,1-2H3. The molecule has 1 aliphatic rings. The zero-order chi connectivity index (χ0) is 7.40. The molecule has 1 heterocycles. The van der Waals surface area contributed by atoms with Gasteiger partial charge >= 0.3 is 0 Å². The number of hydrogen-bond donors (Lipinski definition) is 0. The van der Waals surface area contributed by atoms with Gasteiger partial charge in [0, 0.05) is 13.7 Å². The third kappa shape index (κ3) is 2.38. The summed E-state index contributed by atoms with van der Waals surface area (Å²) >= 11 is 0. The first-order chi connectivity index (χ1) is 4.88. The average molecular weight is 162 g/mol. The summed E-state index contributed by atoms with van der Waals surface area (Å²) in [5.74, 6) is 0. The molecule has 1 rings (SSSR count). The van der Waals surface area contributed by atoms with E-state index in [0.29, 0.717) is 6.10 Å². The molecule has 0 aromatic rings. The molecule has 0 aliphatic carbocycles. The SMILES string of the molecule is CCOC([SiH2]OC)C1CO1. The van der Waals surface area contributed by atoms with Crippen LogP contribution in [0.5, 0.6) is 0 Å². The van der Waals surface area contributed by atoms with Gasteiger partial charge in [0.05, 0.1) is 12.3 Å². The van der Waals surface area contributed by atoms with E-state index < -0.39 is 9.76 Å². The van der Waals surface area contributed by atoms with Gasteiger partial charge in [0.2, 0.25) is 0 Å². The Hall–Kier alpha value is 0.0969. The molecule has 2 atom stereocenters. The van der Waals surface area contributed by atoms with Crippen LogP contribution in [-0.2, 0) is 13.9 Å². The van der Waals surface area contributed by atoms with E-state index in [1.165, 1.54) is 0 Å². The molecule has 1 fully saturated rings. The normalized spacial score (nSPS) is 27.6. The predicted octanol–water partition coefficient (Wildman–Crippen LogP) is -0.522. The third-order valence-electron chi connectivity index (χ3n) is 1.49. The first kappa shape index (κ1) is 8.20. The summed E-state index contributed by atoms with van der Waals surface area (Å²) in [5.41, 5.74) is 0.287. The second-order valence-electron chi connectivity index (χ2n) is 2.32. The lowest BCUT2D eigenvalue weighted by Gasteiger charge is -2.11. The maximum atomic E-state index is 5.42. The minimum atomic E-state index is -0.508. The maximum Gasteiger partial charge on any atom is 0.193 e. The van der Waals surface area contributed by atoms with Gasteiger partial charge in [0.25, 0.3) is 0 Å². The fourth-order valence-corrected chi connectivity index (χ4v) is 2.06. The van der Waals surface area contributed by atoms with E-state index in [0.717, 1.165) is 13.2 Å². The maximum absolute atomic E-state index is 5.42. The minimum absolute atomic E-state index is 0.287. The topological polar surface area (TPSA) is 31.0 Å². The van der Waals surface area contributed by atoms with Gasteiger partial charge in [-0.2, -0.15) is 0 Å². The molecular formula is C6H14O3Si.